The zero-order valence-corrected chi connectivity index (χ0v) is 11.1. The minimum atomic E-state index is 0.697. The van der Waals surface area contributed by atoms with Gasteiger partial charge in [0.25, 0.3) is 0 Å². The molecule has 2 aliphatic rings. The summed E-state index contributed by atoms with van der Waals surface area (Å²) in [6, 6.07) is 1.48. The fourth-order valence-corrected chi connectivity index (χ4v) is 3.35. The molecule has 5 nitrogen and oxygen atoms in total. The van der Waals surface area contributed by atoms with Crippen LogP contribution in [0.2, 0.25) is 0 Å². The highest BCUT2D eigenvalue weighted by atomic mass is 16.5. The number of piperazine rings is 1. The predicted octanol–water partition coefficient (Wildman–Crippen LogP) is 1.17. The Morgan fingerprint density at radius 1 is 1.44 bits per heavy atom. The molecule has 0 saturated carbocycles. The lowest BCUT2D eigenvalue weighted by Crippen LogP contribution is -2.56. The minimum Gasteiger partial charge on any atom is -0.340 e. The molecular weight excluding hydrogens is 228 g/mol. The molecule has 2 fully saturated rings. The van der Waals surface area contributed by atoms with Crippen LogP contribution in [0.5, 0.6) is 0 Å². The summed E-state index contributed by atoms with van der Waals surface area (Å²) in [7, 11) is 0. The van der Waals surface area contributed by atoms with E-state index >= 15 is 0 Å². The SMILES string of the molecule is CCC1CN2CCCC2CN1CCc1ncno1. The van der Waals surface area contributed by atoms with Crippen molar-refractivity contribution in [3.63, 3.8) is 0 Å². The second kappa shape index (κ2) is 5.36. The molecule has 2 saturated heterocycles. The fraction of sp³-hybridized carbons (Fsp3) is 0.846. The van der Waals surface area contributed by atoms with Gasteiger partial charge in [0.1, 0.15) is 0 Å². The molecule has 1 aromatic heterocycles. The van der Waals surface area contributed by atoms with Gasteiger partial charge in [-0.15, -0.1) is 0 Å². The van der Waals surface area contributed by atoms with E-state index in [0.29, 0.717) is 6.04 Å². The third-order valence-corrected chi connectivity index (χ3v) is 4.40. The fourth-order valence-electron chi connectivity index (χ4n) is 3.35. The van der Waals surface area contributed by atoms with Crippen molar-refractivity contribution in [1.29, 1.82) is 0 Å². The van der Waals surface area contributed by atoms with Gasteiger partial charge in [0, 0.05) is 38.1 Å². The van der Waals surface area contributed by atoms with Crippen LogP contribution in [0.15, 0.2) is 10.9 Å². The molecule has 0 N–H and O–H groups in total. The second-order valence-electron chi connectivity index (χ2n) is 5.43. The van der Waals surface area contributed by atoms with Crippen molar-refractivity contribution >= 4 is 0 Å². The van der Waals surface area contributed by atoms with E-state index in [1.807, 2.05) is 0 Å². The predicted molar refractivity (Wildman–Crippen MR) is 68.2 cm³/mol. The molecule has 5 heteroatoms. The summed E-state index contributed by atoms with van der Waals surface area (Å²) in [5, 5.41) is 3.67. The summed E-state index contributed by atoms with van der Waals surface area (Å²) in [6.45, 7) is 7.10. The highest BCUT2D eigenvalue weighted by Crippen LogP contribution is 2.25. The topological polar surface area (TPSA) is 45.4 Å². The Morgan fingerprint density at radius 2 is 2.39 bits per heavy atom. The lowest BCUT2D eigenvalue weighted by atomic mass is 10.0. The summed E-state index contributed by atoms with van der Waals surface area (Å²) < 4.78 is 5.08. The van der Waals surface area contributed by atoms with Gasteiger partial charge in [0.2, 0.25) is 5.89 Å². The zero-order chi connectivity index (χ0) is 12.4. The molecule has 0 bridgehead atoms. The molecule has 0 radical (unpaired) electrons. The number of nitrogens with zero attached hydrogens (tertiary/aromatic N) is 4. The maximum absolute atomic E-state index is 5.08. The van der Waals surface area contributed by atoms with Gasteiger partial charge in [0.05, 0.1) is 0 Å². The van der Waals surface area contributed by atoms with E-state index in [1.54, 1.807) is 0 Å². The van der Waals surface area contributed by atoms with Crippen molar-refractivity contribution < 1.29 is 4.52 Å². The van der Waals surface area contributed by atoms with Crippen LogP contribution in [0.25, 0.3) is 0 Å². The van der Waals surface area contributed by atoms with Crippen LogP contribution in [0.3, 0.4) is 0 Å². The van der Waals surface area contributed by atoms with Crippen LogP contribution in [0.1, 0.15) is 32.1 Å². The summed E-state index contributed by atoms with van der Waals surface area (Å²) in [6.07, 6.45) is 6.34. The number of fused-ring (bicyclic) bond motifs is 1. The Balaban J connectivity index is 1.59. The quantitative estimate of drug-likeness (QED) is 0.802. The first-order chi connectivity index (χ1) is 8.86. The third-order valence-electron chi connectivity index (χ3n) is 4.40. The van der Waals surface area contributed by atoms with Gasteiger partial charge in [-0.3, -0.25) is 9.80 Å². The minimum absolute atomic E-state index is 0.697. The monoisotopic (exact) mass is 250 g/mol. The molecular formula is C13H22N4O. The molecule has 3 heterocycles. The van der Waals surface area contributed by atoms with E-state index in [2.05, 4.69) is 26.9 Å². The summed E-state index contributed by atoms with van der Waals surface area (Å²) >= 11 is 0. The third kappa shape index (κ3) is 2.42. The maximum atomic E-state index is 5.08. The van der Waals surface area contributed by atoms with Gasteiger partial charge in [-0.2, -0.15) is 4.98 Å². The molecule has 2 atom stereocenters. The van der Waals surface area contributed by atoms with Gasteiger partial charge in [-0.1, -0.05) is 12.1 Å². The Labute approximate surface area is 108 Å². The number of hydrogen-bond donors (Lipinski definition) is 0. The molecule has 0 aromatic carbocycles. The van der Waals surface area contributed by atoms with Crippen molar-refractivity contribution in [2.45, 2.75) is 44.7 Å². The van der Waals surface area contributed by atoms with Gasteiger partial charge in [-0.05, 0) is 25.8 Å². The van der Waals surface area contributed by atoms with E-state index in [0.717, 1.165) is 24.9 Å². The van der Waals surface area contributed by atoms with Crippen LogP contribution in [0.4, 0.5) is 0 Å². The Hall–Kier alpha value is -0.940. The van der Waals surface area contributed by atoms with Crippen molar-refractivity contribution in [2.75, 3.05) is 26.2 Å². The first-order valence-corrected chi connectivity index (χ1v) is 7.10. The van der Waals surface area contributed by atoms with Crippen molar-refractivity contribution in [2.24, 2.45) is 0 Å². The Morgan fingerprint density at radius 3 is 3.17 bits per heavy atom. The van der Waals surface area contributed by atoms with Crippen LogP contribution in [-0.2, 0) is 6.42 Å². The smallest absolute Gasteiger partial charge is 0.227 e. The van der Waals surface area contributed by atoms with E-state index in [4.69, 9.17) is 4.52 Å². The van der Waals surface area contributed by atoms with E-state index in [1.165, 1.54) is 45.2 Å². The van der Waals surface area contributed by atoms with E-state index in [-0.39, 0.29) is 0 Å². The van der Waals surface area contributed by atoms with Gasteiger partial charge in [-0.25, -0.2) is 0 Å². The summed E-state index contributed by atoms with van der Waals surface area (Å²) in [5.74, 6) is 0.763. The Kier molecular flexibility index (Phi) is 3.61. The molecule has 3 rings (SSSR count). The lowest BCUT2D eigenvalue weighted by Gasteiger charge is -2.43. The number of rotatable bonds is 4. The van der Waals surface area contributed by atoms with Crippen LogP contribution in [-0.4, -0.2) is 58.2 Å². The van der Waals surface area contributed by atoms with Gasteiger partial charge < -0.3 is 4.52 Å². The largest absolute Gasteiger partial charge is 0.340 e. The van der Waals surface area contributed by atoms with Gasteiger partial charge >= 0.3 is 0 Å². The highest BCUT2D eigenvalue weighted by molar-refractivity contribution is 4.92. The standard InChI is InChI=1S/C13H22N4O/c1-2-11-8-16-6-3-4-12(16)9-17(11)7-5-13-14-10-15-18-13/h10-12H,2-9H2,1H3. The van der Waals surface area contributed by atoms with Crippen molar-refractivity contribution in [3.8, 4) is 0 Å². The Bertz CT molecular complexity index is 367. The summed E-state index contributed by atoms with van der Waals surface area (Å²) in [5.41, 5.74) is 0. The maximum Gasteiger partial charge on any atom is 0.227 e. The van der Waals surface area contributed by atoms with Crippen LogP contribution < -0.4 is 0 Å². The number of hydrogen-bond acceptors (Lipinski definition) is 5. The van der Waals surface area contributed by atoms with Gasteiger partial charge in [0.15, 0.2) is 6.33 Å². The van der Waals surface area contributed by atoms with Crippen LogP contribution >= 0.6 is 0 Å². The molecule has 2 unspecified atom stereocenters. The van der Waals surface area contributed by atoms with Crippen molar-refractivity contribution in [1.82, 2.24) is 19.9 Å². The van der Waals surface area contributed by atoms with E-state index in [9.17, 15) is 0 Å². The van der Waals surface area contributed by atoms with E-state index < -0.39 is 0 Å². The first-order valence-electron chi connectivity index (χ1n) is 7.10. The van der Waals surface area contributed by atoms with Crippen molar-refractivity contribution in [3.05, 3.63) is 12.2 Å². The second-order valence-corrected chi connectivity index (χ2v) is 5.43. The zero-order valence-electron chi connectivity index (χ0n) is 11.1. The highest BCUT2D eigenvalue weighted by Gasteiger charge is 2.35. The molecule has 0 spiro atoms. The average molecular weight is 250 g/mol. The summed E-state index contributed by atoms with van der Waals surface area (Å²) in [4.78, 5) is 9.40. The normalized spacial score (nSPS) is 29.6. The number of aromatic nitrogens is 2. The first kappa shape index (κ1) is 12.1. The molecule has 1 aromatic rings. The molecule has 2 aliphatic heterocycles. The molecule has 0 aliphatic carbocycles. The lowest BCUT2D eigenvalue weighted by molar-refractivity contribution is 0.0487. The molecule has 0 amide bonds. The van der Waals surface area contributed by atoms with Crippen LogP contribution in [0, 0.1) is 0 Å². The average Bonchev–Trinajstić information content (AvgIpc) is 3.05. The molecule has 18 heavy (non-hydrogen) atoms. The molecule has 100 valence electrons.